The summed E-state index contributed by atoms with van der Waals surface area (Å²) in [4.78, 5) is 13.7. The van der Waals surface area contributed by atoms with Crippen molar-refractivity contribution in [2.24, 2.45) is 0 Å². The van der Waals surface area contributed by atoms with Gasteiger partial charge in [0.2, 0.25) is 0 Å². The highest BCUT2D eigenvalue weighted by Gasteiger charge is 2.29. The number of nitrogens with zero attached hydrogens (tertiary/aromatic N) is 1. The van der Waals surface area contributed by atoms with Crippen LogP contribution in [0.25, 0.3) is 0 Å². The van der Waals surface area contributed by atoms with Crippen LogP contribution in [-0.2, 0) is 5.41 Å². The highest BCUT2D eigenvalue weighted by atomic mass is 16.3. The molecule has 0 atom stereocenters. The molecule has 0 saturated carbocycles. The Balaban J connectivity index is 2.19. The van der Waals surface area contributed by atoms with Gasteiger partial charge in [0.25, 0.3) is 5.91 Å². The molecule has 3 heteroatoms. The molecule has 1 aliphatic heterocycles. The van der Waals surface area contributed by atoms with E-state index >= 15 is 0 Å². The van der Waals surface area contributed by atoms with Gasteiger partial charge >= 0.3 is 0 Å². The van der Waals surface area contributed by atoms with Crippen molar-refractivity contribution < 1.29 is 9.90 Å². The summed E-state index contributed by atoms with van der Waals surface area (Å²) in [6.07, 6.45) is -0.343. The molecule has 1 amide bonds. The van der Waals surface area contributed by atoms with Gasteiger partial charge in [0, 0.05) is 18.7 Å². The van der Waals surface area contributed by atoms with Gasteiger partial charge < -0.3 is 10.0 Å². The lowest BCUT2D eigenvalue weighted by atomic mass is 9.86. The van der Waals surface area contributed by atoms with Gasteiger partial charge in [-0.15, -0.1) is 0 Å². The van der Waals surface area contributed by atoms with E-state index in [0.29, 0.717) is 18.7 Å². The number of β-amino-alcohol motifs (C(OH)–C–C–N with tert-alkyl or cyclic N) is 1. The minimum absolute atomic E-state index is 0.0152. The number of aliphatic hydroxyl groups is 1. The molecule has 0 radical (unpaired) electrons. The van der Waals surface area contributed by atoms with Crippen LogP contribution in [0.3, 0.4) is 0 Å². The number of carbonyl (C=O) groups is 1. The molecule has 0 spiro atoms. The quantitative estimate of drug-likeness (QED) is 0.803. The lowest BCUT2D eigenvalue weighted by Gasteiger charge is -2.36. The van der Waals surface area contributed by atoms with Crippen molar-refractivity contribution in [2.75, 3.05) is 13.1 Å². The van der Waals surface area contributed by atoms with Gasteiger partial charge in [-0.05, 0) is 23.1 Å². The van der Waals surface area contributed by atoms with Crippen molar-refractivity contribution in [1.29, 1.82) is 0 Å². The molecule has 3 nitrogen and oxygen atoms in total. The van der Waals surface area contributed by atoms with E-state index in [1.807, 2.05) is 24.3 Å². The first-order chi connectivity index (χ1) is 7.88. The second-order valence-corrected chi connectivity index (χ2v) is 5.69. The van der Waals surface area contributed by atoms with Crippen LogP contribution in [0.15, 0.2) is 24.3 Å². The number of hydrogen-bond donors (Lipinski definition) is 1. The molecule has 1 saturated heterocycles. The predicted octanol–water partition coefficient (Wildman–Crippen LogP) is 1.80. The van der Waals surface area contributed by atoms with Crippen molar-refractivity contribution in [3.63, 3.8) is 0 Å². The van der Waals surface area contributed by atoms with Gasteiger partial charge in [-0.25, -0.2) is 0 Å². The number of carbonyl (C=O) groups excluding carboxylic acids is 1. The van der Waals surface area contributed by atoms with Crippen molar-refractivity contribution in [3.05, 3.63) is 35.4 Å². The molecular formula is C14H19NO2. The summed E-state index contributed by atoms with van der Waals surface area (Å²) in [7, 11) is 0. The first kappa shape index (κ1) is 12.1. The molecule has 0 unspecified atom stereocenters. The first-order valence-corrected chi connectivity index (χ1v) is 5.96. The van der Waals surface area contributed by atoms with Crippen LogP contribution in [0, 0.1) is 0 Å². The van der Waals surface area contributed by atoms with Crippen molar-refractivity contribution >= 4 is 5.91 Å². The van der Waals surface area contributed by atoms with Crippen molar-refractivity contribution in [2.45, 2.75) is 32.3 Å². The lowest BCUT2D eigenvalue weighted by molar-refractivity contribution is 0.00588. The Morgan fingerprint density at radius 1 is 1.35 bits per heavy atom. The number of benzene rings is 1. The highest BCUT2D eigenvalue weighted by molar-refractivity contribution is 5.95. The van der Waals surface area contributed by atoms with Gasteiger partial charge in [-0.3, -0.25) is 4.79 Å². The number of hydrogen-bond acceptors (Lipinski definition) is 2. The number of likely N-dealkylation sites (tertiary alicyclic amines) is 1. The number of aliphatic hydroxyl groups excluding tert-OH is 1. The van der Waals surface area contributed by atoms with Gasteiger partial charge in [-0.2, -0.15) is 0 Å². The van der Waals surface area contributed by atoms with E-state index in [0.717, 1.165) is 5.56 Å². The normalized spacial score (nSPS) is 16.8. The molecular weight excluding hydrogens is 214 g/mol. The highest BCUT2D eigenvalue weighted by Crippen LogP contribution is 2.24. The topological polar surface area (TPSA) is 40.5 Å². The van der Waals surface area contributed by atoms with Crippen LogP contribution in [0.4, 0.5) is 0 Å². The predicted molar refractivity (Wildman–Crippen MR) is 67.1 cm³/mol. The Kier molecular flexibility index (Phi) is 2.96. The Morgan fingerprint density at radius 2 is 2.00 bits per heavy atom. The molecule has 1 aliphatic rings. The van der Waals surface area contributed by atoms with E-state index in [-0.39, 0.29) is 17.4 Å². The van der Waals surface area contributed by atoms with Gasteiger partial charge in [0.05, 0.1) is 6.10 Å². The van der Waals surface area contributed by atoms with Crippen LogP contribution in [-0.4, -0.2) is 35.1 Å². The van der Waals surface area contributed by atoms with Crippen molar-refractivity contribution in [3.8, 4) is 0 Å². The molecule has 2 rings (SSSR count). The molecule has 1 heterocycles. The molecule has 92 valence electrons. The molecule has 17 heavy (non-hydrogen) atoms. The van der Waals surface area contributed by atoms with Crippen LogP contribution in [0.5, 0.6) is 0 Å². The Morgan fingerprint density at radius 3 is 2.53 bits per heavy atom. The average molecular weight is 233 g/mol. The van der Waals surface area contributed by atoms with E-state index in [2.05, 4.69) is 20.8 Å². The maximum absolute atomic E-state index is 12.1. The lowest BCUT2D eigenvalue weighted by Crippen LogP contribution is -2.53. The molecule has 1 N–H and O–H groups in total. The zero-order valence-corrected chi connectivity index (χ0v) is 10.6. The fraction of sp³-hybridized carbons (Fsp3) is 0.500. The molecule has 0 aliphatic carbocycles. The van der Waals surface area contributed by atoms with E-state index in [4.69, 9.17) is 0 Å². The minimum atomic E-state index is -0.343. The second-order valence-electron chi connectivity index (χ2n) is 5.69. The van der Waals surface area contributed by atoms with E-state index < -0.39 is 0 Å². The maximum Gasteiger partial charge on any atom is 0.254 e. The summed E-state index contributed by atoms with van der Waals surface area (Å²) in [5.74, 6) is 0.0152. The standard InChI is InChI=1S/C14H19NO2/c1-14(2,3)11-6-4-5-10(7-11)13(17)15-8-12(16)9-15/h4-7,12,16H,8-9H2,1-3H3. The smallest absolute Gasteiger partial charge is 0.254 e. The number of rotatable bonds is 1. The van der Waals surface area contributed by atoms with Crippen LogP contribution in [0.2, 0.25) is 0 Å². The third kappa shape index (κ3) is 2.50. The SMILES string of the molecule is CC(C)(C)c1cccc(C(=O)N2CC(O)C2)c1. The fourth-order valence-electron chi connectivity index (χ4n) is 1.92. The molecule has 1 aromatic rings. The summed E-state index contributed by atoms with van der Waals surface area (Å²) >= 11 is 0. The summed E-state index contributed by atoms with van der Waals surface area (Å²) in [6.45, 7) is 7.30. The van der Waals surface area contributed by atoms with Crippen LogP contribution >= 0.6 is 0 Å². The molecule has 0 bridgehead atoms. The summed E-state index contributed by atoms with van der Waals surface area (Å²) < 4.78 is 0. The largest absolute Gasteiger partial charge is 0.389 e. The summed E-state index contributed by atoms with van der Waals surface area (Å²) in [5.41, 5.74) is 1.92. The fourth-order valence-corrected chi connectivity index (χ4v) is 1.92. The van der Waals surface area contributed by atoms with Gasteiger partial charge in [0.1, 0.15) is 0 Å². The van der Waals surface area contributed by atoms with E-state index in [1.165, 1.54) is 0 Å². The Hall–Kier alpha value is -1.35. The third-order valence-electron chi connectivity index (χ3n) is 3.13. The van der Waals surface area contributed by atoms with Crippen molar-refractivity contribution in [1.82, 2.24) is 4.90 Å². The van der Waals surface area contributed by atoms with E-state index in [9.17, 15) is 9.90 Å². The Labute approximate surface area is 102 Å². The molecule has 1 fully saturated rings. The summed E-state index contributed by atoms with van der Waals surface area (Å²) in [5, 5.41) is 9.20. The summed E-state index contributed by atoms with van der Waals surface area (Å²) in [6, 6.07) is 7.75. The zero-order chi connectivity index (χ0) is 12.6. The Bertz CT molecular complexity index is 428. The van der Waals surface area contributed by atoms with Crippen LogP contribution in [0.1, 0.15) is 36.7 Å². The molecule has 1 aromatic carbocycles. The average Bonchev–Trinajstić information content (AvgIpc) is 2.23. The molecule has 0 aromatic heterocycles. The van der Waals surface area contributed by atoms with Gasteiger partial charge in [-0.1, -0.05) is 32.9 Å². The minimum Gasteiger partial charge on any atom is -0.389 e. The van der Waals surface area contributed by atoms with E-state index in [1.54, 1.807) is 4.90 Å². The van der Waals surface area contributed by atoms with Gasteiger partial charge in [0.15, 0.2) is 0 Å². The van der Waals surface area contributed by atoms with Crippen LogP contribution < -0.4 is 0 Å². The first-order valence-electron chi connectivity index (χ1n) is 5.96. The zero-order valence-electron chi connectivity index (χ0n) is 10.6. The monoisotopic (exact) mass is 233 g/mol. The maximum atomic E-state index is 12.1. The third-order valence-corrected chi connectivity index (χ3v) is 3.13. The second kappa shape index (κ2) is 4.15. The number of amides is 1.